The number of furan rings is 1. The molecule has 1 N–H and O–H groups in total. The third kappa shape index (κ3) is 4.08. The largest absolute Gasteiger partial charge is 0.463 e. The van der Waals surface area contributed by atoms with E-state index in [0.717, 1.165) is 6.07 Å². The number of carbonyl (C=O) groups is 1. The summed E-state index contributed by atoms with van der Waals surface area (Å²) in [4.78, 5) is 23.0. The van der Waals surface area contributed by atoms with E-state index in [1.54, 1.807) is 12.1 Å². The highest BCUT2D eigenvalue weighted by Gasteiger charge is 2.31. The molecule has 0 atom stereocenters. The zero-order valence-electron chi connectivity index (χ0n) is 11.0. The van der Waals surface area contributed by atoms with Gasteiger partial charge in [-0.3, -0.25) is 9.59 Å². The Morgan fingerprint density at radius 2 is 2.14 bits per heavy atom. The number of carbonyl (C=O) groups excluding carboxylic acids is 1. The van der Waals surface area contributed by atoms with Crippen LogP contribution in [0.25, 0.3) is 0 Å². The number of alkyl halides is 3. The fourth-order valence-corrected chi connectivity index (χ4v) is 1.55. The third-order valence-corrected chi connectivity index (χ3v) is 2.55. The normalized spacial score (nSPS) is 11.8. The van der Waals surface area contributed by atoms with Crippen molar-refractivity contribution in [3.8, 4) is 0 Å². The molecule has 2 rings (SSSR count). The molecule has 0 fully saturated rings. The molecule has 0 aliphatic heterocycles. The zero-order chi connectivity index (χ0) is 16.2. The molecular formula is C13H10F3N3O3. The van der Waals surface area contributed by atoms with E-state index in [4.69, 9.17) is 4.42 Å². The maximum atomic E-state index is 12.5. The summed E-state index contributed by atoms with van der Waals surface area (Å²) in [5, 5.41) is 3.55. The van der Waals surface area contributed by atoms with Crippen molar-refractivity contribution in [3.05, 3.63) is 58.4 Å². The predicted molar refractivity (Wildman–Crippen MR) is 70.1 cm³/mol. The van der Waals surface area contributed by atoms with Crippen LogP contribution in [0.2, 0.25) is 0 Å². The van der Waals surface area contributed by atoms with Crippen LogP contribution in [0.5, 0.6) is 0 Å². The number of nitrogens with zero attached hydrogens (tertiary/aromatic N) is 2. The van der Waals surface area contributed by atoms with Gasteiger partial charge < -0.3 is 8.98 Å². The maximum Gasteiger partial charge on any atom is 0.417 e. The van der Waals surface area contributed by atoms with Crippen LogP contribution in [-0.4, -0.2) is 16.7 Å². The van der Waals surface area contributed by atoms with E-state index in [1.165, 1.54) is 12.5 Å². The molecule has 0 aromatic carbocycles. The van der Waals surface area contributed by atoms with Gasteiger partial charge in [-0.2, -0.15) is 18.3 Å². The fraction of sp³-hybridized carbons (Fsp3) is 0.154. The monoisotopic (exact) mass is 313 g/mol. The Balaban J connectivity index is 2.03. The lowest BCUT2D eigenvalue weighted by Crippen LogP contribution is -2.30. The van der Waals surface area contributed by atoms with Crippen molar-refractivity contribution in [2.24, 2.45) is 5.10 Å². The summed E-state index contributed by atoms with van der Waals surface area (Å²) in [5.41, 5.74) is 0.346. The first kappa shape index (κ1) is 15.5. The lowest BCUT2D eigenvalue weighted by Gasteiger charge is -2.09. The van der Waals surface area contributed by atoms with Crippen molar-refractivity contribution >= 4 is 12.1 Å². The van der Waals surface area contributed by atoms with Crippen molar-refractivity contribution in [2.75, 3.05) is 0 Å². The van der Waals surface area contributed by atoms with Gasteiger partial charge in [-0.1, -0.05) is 0 Å². The molecule has 22 heavy (non-hydrogen) atoms. The number of amides is 1. The predicted octanol–water partition coefficient (Wildman–Crippen LogP) is 1.61. The third-order valence-electron chi connectivity index (χ3n) is 2.55. The van der Waals surface area contributed by atoms with Gasteiger partial charge in [0.2, 0.25) is 0 Å². The minimum Gasteiger partial charge on any atom is -0.463 e. The number of hydrazone groups is 1. The molecule has 0 saturated carbocycles. The summed E-state index contributed by atoms with van der Waals surface area (Å²) >= 11 is 0. The van der Waals surface area contributed by atoms with Crippen LogP contribution in [0.1, 0.15) is 11.3 Å². The number of halogens is 3. The summed E-state index contributed by atoms with van der Waals surface area (Å²) in [7, 11) is 0. The molecule has 0 radical (unpaired) electrons. The molecule has 2 heterocycles. The maximum absolute atomic E-state index is 12.5. The van der Waals surface area contributed by atoms with Crippen LogP contribution in [-0.2, 0) is 17.5 Å². The second-order valence-corrected chi connectivity index (χ2v) is 4.19. The van der Waals surface area contributed by atoms with Crippen molar-refractivity contribution in [2.45, 2.75) is 12.7 Å². The minimum absolute atomic E-state index is 0.386. The van der Waals surface area contributed by atoms with Crippen LogP contribution < -0.4 is 11.0 Å². The Labute approximate surface area is 121 Å². The van der Waals surface area contributed by atoms with Gasteiger partial charge in [0.15, 0.2) is 0 Å². The van der Waals surface area contributed by atoms with Gasteiger partial charge in [-0.25, -0.2) is 5.43 Å². The minimum atomic E-state index is -4.59. The molecule has 0 saturated heterocycles. The Morgan fingerprint density at radius 3 is 2.77 bits per heavy atom. The van der Waals surface area contributed by atoms with E-state index in [2.05, 4.69) is 10.5 Å². The number of nitrogens with one attached hydrogen (secondary N) is 1. The quantitative estimate of drug-likeness (QED) is 0.688. The van der Waals surface area contributed by atoms with Crippen LogP contribution in [0.15, 0.2) is 51.0 Å². The summed E-state index contributed by atoms with van der Waals surface area (Å²) < 4.78 is 43.2. The highest BCUT2D eigenvalue weighted by Crippen LogP contribution is 2.27. The van der Waals surface area contributed by atoms with Crippen LogP contribution in [0.3, 0.4) is 0 Å². The zero-order valence-corrected chi connectivity index (χ0v) is 11.0. The van der Waals surface area contributed by atoms with E-state index in [-0.39, 0.29) is 0 Å². The fourth-order valence-electron chi connectivity index (χ4n) is 1.55. The van der Waals surface area contributed by atoms with Crippen LogP contribution >= 0.6 is 0 Å². The average Bonchev–Trinajstić information content (AvgIpc) is 2.93. The van der Waals surface area contributed by atoms with Gasteiger partial charge in [0.25, 0.3) is 11.5 Å². The molecule has 0 unspecified atom stereocenters. The molecule has 9 heteroatoms. The summed E-state index contributed by atoms with van der Waals surface area (Å²) in [6, 6.07) is 4.62. The SMILES string of the molecule is O=C(Cn1cc(C(F)(F)F)ccc1=O)N/N=C/c1ccco1. The molecule has 1 amide bonds. The number of rotatable bonds is 4. The van der Waals surface area contributed by atoms with E-state index in [9.17, 15) is 22.8 Å². The van der Waals surface area contributed by atoms with Crippen LogP contribution in [0, 0.1) is 0 Å². The average molecular weight is 313 g/mol. The summed E-state index contributed by atoms with van der Waals surface area (Å²) in [5.74, 6) is -0.360. The van der Waals surface area contributed by atoms with E-state index < -0.39 is 29.8 Å². The Bertz CT molecular complexity index is 733. The van der Waals surface area contributed by atoms with Gasteiger partial charge in [0.1, 0.15) is 12.3 Å². The lowest BCUT2D eigenvalue weighted by atomic mass is 10.3. The van der Waals surface area contributed by atoms with Crippen LogP contribution in [0.4, 0.5) is 13.2 Å². The highest BCUT2D eigenvalue weighted by molar-refractivity contribution is 5.80. The van der Waals surface area contributed by atoms with Crippen molar-refractivity contribution < 1.29 is 22.4 Å². The van der Waals surface area contributed by atoms with Gasteiger partial charge in [-0.15, -0.1) is 0 Å². The molecule has 0 spiro atoms. The van der Waals surface area contributed by atoms with Gasteiger partial charge in [0, 0.05) is 12.3 Å². The summed E-state index contributed by atoms with van der Waals surface area (Å²) in [6.45, 7) is -0.585. The lowest BCUT2D eigenvalue weighted by molar-refractivity contribution is -0.138. The van der Waals surface area contributed by atoms with Gasteiger partial charge in [-0.05, 0) is 18.2 Å². The topological polar surface area (TPSA) is 76.6 Å². The van der Waals surface area contributed by atoms with Gasteiger partial charge in [0.05, 0.1) is 18.0 Å². The molecule has 2 aromatic heterocycles. The van der Waals surface area contributed by atoms with E-state index in [0.29, 0.717) is 22.6 Å². The number of pyridine rings is 1. The first-order valence-corrected chi connectivity index (χ1v) is 5.99. The highest BCUT2D eigenvalue weighted by atomic mass is 19.4. The van der Waals surface area contributed by atoms with E-state index in [1.807, 2.05) is 0 Å². The molecule has 116 valence electrons. The van der Waals surface area contributed by atoms with Crippen molar-refractivity contribution in [1.82, 2.24) is 9.99 Å². The smallest absolute Gasteiger partial charge is 0.417 e. The number of aromatic nitrogens is 1. The molecule has 6 nitrogen and oxygen atoms in total. The molecular weight excluding hydrogens is 303 g/mol. The first-order chi connectivity index (χ1) is 10.4. The van der Waals surface area contributed by atoms with Crippen molar-refractivity contribution in [1.29, 1.82) is 0 Å². The number of hydrogen-bond donors (Lipinski definition) is 1. The molecule has 0 aliphatic rings. The van der Waals surface area contributed by atoms with E-state index >= 15 is 0 Å². The second kappa shape index (κ2) is 6.29. The Hall–Kier alpha value is -2.84. The Morgan fingerprint density at radius 1 is 1.36 bits per heavy atom. The molecule has 0 bridgehead atoms. The van der Waals surface area contributed by atoms with Gasteiger partial charge >= 0.3 is 6.18 Å². The standard InChI is InChI=1S/C13H10F3N3O3/c14-13(15,16)9-3-4-12(21)19(7-9)8-11(20)18-17-6-10-2-1-5-22-10/h1-7H,8H2,(H,18,20)/b17-6+. The Kier molecular flexibility index (Phi) is 4.44. The number of hydrogen-bond acceptors (Lipinski definition) is 4. The second-order valence-electron chi connectivity index (χ2n) is 4.19. The van der Waals surface area contributed by atoms with Crippen molar-refractivity contribution in [3.63, 3.8) is 0 Å². The molecule has 2 aromatic rings. The first-order valence-electron chi connectivity index (χ1n) is 5.99. The summed E-state index contributed by atoms with van der Waals surface area (Å²) in [6.07, 6.45) is -1.39. The molecule has 0 aliphatic carbocycles.